The second kappa shape index (κ2) is 10.4. The molecule has 1 aliphatic rings. The normalized spacial score (nSPS) is 13.7. The number of carboxylic acids is 1. The third-order valence-corrected chi connectivity index (χ3v) is 5.07. The molecule has 3 rings (SSSR count). The molecule has 0 saturated carbocycles. The number of nitro benzene ring substituents is 2. The zero-order valence-corrected chi connectivity index (χ0v) is 18.0. The van der Waals surface area contributed by atoms with Crippen LogP contribution in [0.3, 0.4) is 0 Å². The van der Waals surface area contributed by atoms with Gasteiger partial charge in [-0.1, -0.05) is 0 Å². The molecule has 0 aromatic heterocycles. The fourth-order valence-electron chi connectivity index (χ4n) is 3.18. The highest BCUT2D eigenvalue weighted by Gasteiger charge is 2.22. The lowest BCUT2D eigenvalue weighted by molar-refractivity contribution is -0.385. The van der Waals surface area contributed by atoms with E-state index in [0.29, 0.717) is 29.8 Å². The predicted octanol–water partition coefficient (Wildman–Crippen LogP) is 2.89. The molecule has 0 unspecified atom stereocenters. The smallest absolute Gasteiger partial charge is 0.335 e. The minimum absolute atomic E-state index is 0.0499. The first kappa shape index (κ1) is 24.4. The summed E-state index contributed by atoms with van der Waals surface area (Å²) in [6.45, 7) is 6.27. The van der Waals surface area contributed by atoms with Gasteiger partial charge < -0.3 is 14.9 Å². The molecule has 0 radical (unpaired) electrons. The number of benzene rings is 2. The number of nitrogens with zero attached hydrogens (tertiary/aromatic N) is 4. The summed E-state index contributed by atoms with van der Waals surface area (Å²) in [6.07, 6.45) is 0. The Bertz CT molecular complexity index is 1050. The van der Waals surface area contributed by atoms with E-state index >= 15 is 0 Å². The number of amides is 1. The minimum atomic E-state index is -1.09. The Morgan fingerprint density at radius 3 is 1.69 bits per heavy atom. The van der Waals surface area contributed by atoms with Gasteiger partial charge in [0.15, 0.2) is 0 Å². The van der Waals surface area contributed by atoms with E-state index in [1.807, 2.05) is 7.05 Å². The molecule has 11 nitrogen and oxygen atoms in total. The average Bonchev–Trinajstić information content (AvgIpc) is 2.73. The number of carbonyl (C=O) groups excluding carboxylic acids is 1. The Hall–Kier alpha value is -3.86. The van der Waals surface area contributed by atoms with Crippen LogP contribution in [-0.2, 0) is 0 Å². The van der Waals surface area contributed by atoms with Crippen LogP contribution in [-0.4, -0.2) is 69.9 Å². The van der Waals surface area contributed by atoms with Crippen molar-refractivity contribution in [2.24, 2.45) is 0 Å². The van der Waals surface area contributed by atoms with Gasteiger partial charge in [0.25, 0.3) is 17.3 Å². The van der Waals surface area contributed by atoms with Crippen LogP contribution in [0.4, 0.5) is 11.4 Å². The van der Waals surface area contributed by atoms with Crippen LogP contribution in [0.25, 0.3) is 0 Å². The number of rotatable bonds is 4. The van der Waals surface area contributed by atoms with Crippen molar-refractivity contribution >= 4 is 23.3 Å². The zero-order valence-electron chi connectivity index (χ0n) is 18.0. The highest BCUT2D eigenvalue weighted by molar-refractivity contribution is 5.94. The summed E-state index contributed by atoms with van der Waals surface area (Å²) in [7, 11) is 2.03. The Morgan fingerprint density at radius 1 is 0.844 bits per heavy atom. The standard InChI is InChI=1S/C13H17N3O3.C8H7NO4/c1-10-9-11(3-4-12(10)16(18)19)13(17)15-7-5-14(2)6-8-15;1-5-4-6(8(10)11)2-3-7(5)9(12)13/h3-4,9H,5-8H2,1-2H3;2-4H,1H3,(H,10,11). The van der Waals surface area contributed by atoms with Crippen LogP contribution in [0.2, 0.25) is 0 Å². The van der Waals surface area contributed by atoms with Crippen LogP contribution in [0.1, 0.15) is 31.8 Å². The van der Waals surface area contributed by atoms with Gasteiger partial charge in [-0.25, -0.2) is 4.79 Å². The summed E-state index contributed by atoms with van der Waals surface area (Å²) in [4.78, 5) is 46.8. The summed E-state index contributed by atoms with van der Waals surface area (Å²) in [5.41, 5.74) is 1.44. The monoisotopic (exact) mass is 444 g/mol. The van der Waals surface area contributed by atoms with Gasteiger partial charge >= 0.3 is 5.97 Å². The Labute approximate surface area is 184 Å². The van der Waals surface area contributed by atoms with Crippen molar-refractivity contribution in [2.75, 3.05) is 33.2 Å². The Kier molecular flexibility index (Phi) is 7.97. The number of carbonyl (C=O) groups is 2. The lowest BCUT2D eigenvalue weighted by Crippen LogP contribution is -2.47. The first-order valence-corrected chi connectivity index (χ1v) is 9.72. The third kappa shape index (κ3) is 6.08. The van der Waals surface area contributed by atoms with E-state index < -0.39 is 15.8 Å². The second-order valence-electron chi connectivity index (χ2n) is 7.42. The van der Waals surface area contributed by atoms with E-state index in [-0.39, 0.29) is 22.8 Å². The maximum atomic E-state index is 12.3. The lowest BCUT2D eigenvalue weighted by atomic mass is 10.1. The number of piperazine rings is 1. The number of carboxylic acid groups (broad SMARTS) is 1. The number of likely N-dealkylation sites (N-methyl/N-ethyl adjacent to an activating group) is 1. The van der Waals surface area contributed by atoms with Crippen molar-refractivity contribution in [3.8, 4) is 0 Å². The van der Waals surface area contributed by atoms with Gasteiger partial charge in [0, 0.05) is 55.0 Å². The number of nitro groups is 2. The molecular weight excluding hydrogens is 420 g/mol. The third-order valence-electron chi connectivity index (χ3n) is 5.07. The molecule has 32 heavy (non-hydrogen) atoms. The Balaban J connectivity index is 0.000000244. The highest BCUT2D eigenvalue weighted by atomic mass is 16.6. The van der Waals surface area contributed by atoms with Crippen molar-refractivity contribution in [3.63, 3.8) is 0 Å². The molecule has 1 fully saturated rings. The maximum Gasteiger partial charge on any atom is 0.335 e. The van der Waals surface area contributed by atoms with E-state index in [1.165, 1.54) is 37.3 Å². The summed E-state index contributed by atoms with van der Waals surface area (Å²) in [5, 5.41) is 29.7. The molecule has 1 N–H and O–H groups in total. The van der Waals surface area contributed by atoms with Gasteiger partial charge in [-0.15, -0.1) is 0 Å². The average molecular weight is 444 g/mol. The number of hydrogen-bond acceptors (Lipinski definition) is 7. The van der Waals surface area contributed by atoms with Gasteiger partial charge in [0.1, 0.15) is 0 Å². The van der Waals surface area contributed by atoms with Gasteiger partial charge in [0.05, 0.1) is 15.4 Å². The topological polar surface area (TPSA) is 147 Å². The van der Waals surface area contributed by atoms with E-state index in [0.717, 1.165) is 13.1 Å². The molecule has 1 aliphatic heterocycles. The van der Waals surface area contributed by atoms with Gasteiger partial charge in [-0.05, 0) is 45.2 Å². The van der Waals surface area contributed by atoms with E-state index in [2.05, 4.69) is 4.90 Å². The Morgan fingerprint density at radius 2 is 1.28 bits per heavy atom. The van der Waals surface area contributed by atoms with Crippen molar-refractivity contribution in [1.82, 2.24) is 9.80 Å². The SMILES string of the molecule is Cc1cc(C(=O)N2CCN(C)CC2)ccc1[N+](=O)[O-].Cc1cc(C(=O)O)ccc1[N+](=O)[O-]. The number of aromatic carboxylic acids is 1. The largest absolute Gasteiger partial charge is 0.478 e. The molecule has 1 amide bonds. The maximum absolute atomic E-state index is 12.3. The fraction of sp³-hybridized carbons (Fsp3) is 0.333. The van der Waals surface area contributed by atoms with Crippen molar-refractivity contribution in [2.45, 2.75) is 13.8 Å². The fourth-order valence-corrected chi connectivity index (χ4v) is 3.18. The predicted molar refractivity (Wildman–Crippen MR) is 116 cm³/mol. The molecule has 0 atom stereocenters. The van der Waals surface area contributed by atoms with Crippen LogP contribution in [0.5, 0.6) is 0 Å². The van der Waals surface area contributed by atoms with Crippen LogP contribution in [0.15, 0.2) is 36.4 Å². The molecule has 1 saturated heterocycles. The number of hydrogen-bond donors (Lipinski definition) is 1. The van der Waals surface area contributed by atoms with Crippen molar-refractivity contribution in [3.05, 3.63) is 78.9 Å². The van der Waals surface area contributed by atoms with Gasteiger partial charge in [0.2, 0.25) is 0 Å². The first-order valence-electron chi connectivity index (χ1n) is 9.72. The summed E-state index contributed by atoms with van der Waals surface area (Å²) in [5.74, 6) is -1.14. The number of aryl methyl sites for hydroxylation is 2. The molecular formula is C21H24N4O7. The van der Waals surface area contributed by atoms with Crippen LogP contribution in [0, 0.1) is 34.1 Å². The van der Waals surface area contributed by atoms with E-state index in [9.17, 15) is 29.8 Å². The molecule has 2 aromatic rings. The van der Waals surface area contributed by atoms with Gasteiger partial charge in [-0.2, -0.15) is 0 Å². The van der Waals surface area contributed by atoms with Crippen LogP contribution < -0.4 is 0 Å². The van der Waals surface area contributed by atoms with E-state index in [4.69, 9.17) is 5.11 Å². The second-order valence-corrected chi connectivity index (χ2v) is 7.42. The first-order chi connectivity index (χ1) is 15.0. The molecule has 170 valence electrons. The summed E-state index contributed by atoms with van der Waals surface area (Å²) in [6, 6.07) is 8.22. The molecule has 2 aromatic carbocycles. The quantitative estimate of drug-likeness (QED) is 0.559. The highest BCUT2D eigenvalue weighted by Crippen LogP contribution is 2.20. The molecule has 0 spiro atoms. The van der Waals surface area contributed by atoms with Crippen molar-refractivity contribution < 1.29 is 24.5 Å². The molecule has 0 aliphatic carbocycles. The zero-order chi connectivity index (χ0) is 24.0. The van der Waals surface area contributed by atoms with Crippen LogP contribution >= 0.6 is 0 Å². The molecule has 11 heteroatoms. The molecule has 1 heterocycles. The van der Waals surface area contributed by atoms with Gasteiger partial charge in [-0.3, -0.25) is 25.0 Å². The lowest BCUT2D eigenvalue weighted by Gasteiger charge is -2.32. The summed E-state index contributed by atoms with van der Waals surface area (Å²) >= 11 is 0. The van der Waals surface area contributed by atoms with Crippen molar-refractivity contribution in [1.29, 1.82) is 0 Å². The minimum Gasteiger partial charge on any atom is -0.478 e. The van der Waals surface area contributed by atoms with E-state index in [1.54, 1.807) is 17.9 Å². The summed E-state index contributed by atoms with van der Waals surface area (Å²) < 4.78 is 0. The molecule has 0 bridgehead atoms.